The number of ether oxygens (including phenoxy) is 2. The molecule has 1 N–H and O–H groups in total. The summed E-state index contributed by atoms with van der Waals surface area (Å²) in [5.41, 5.74) is 2.41. The summed E-state index contributed by atoms with van der Waals surface area (Å²) in [6.07, 6.45) is 3.10. The quantitative estimate of drug-likeness (QED) is 0.809. The first-order valence-electron chi connectivity index (χ1n) is 8.04. The van der Waals surface area contributed by atoms with Crippen LogP contribution in [0, 0.1) is 0 Å². The summed E-state index contributed by atoms with van der Waals surface area (Å²) < 4.78 is 10.4. The average molecular weight is 365 g/mol. The zero-order chi connectivity index (χ0) is 18.6. The third kappa shape index (κ3) is 3.85. The number of nitrogens with zero attached hydrogens (tertiary/aromatic N) is 1. The van der Waals surface area contributed by atoms with E-state index in [1.54, 1.807) is 46.2 Å². The van der Waals surface area contributed by atoms with Crippen LogP contribution in [-0.2, 0) is 19.1 Å². The molecule has 0 saturated heterocycles. The van der Waals surface area contributed by atoms with Crippen molar-refractivity contribution in [3.05, 3.63) is 51.6 Å². The van der Waals surface area contributed by atoms with Gasteiger partial charge in [-0.2, -0.15) is 0 Å². The third-order valence-corrected chi connectivity index (χ3v) is 4.20. The Hall–Kier alpha value is -2.34. The lowest BCUT2D eigenvalue weighted by Gasteiger charge is -2.30. The van der Waals surface area contributed by atoms with Crippen molar-refractivity contribution >= 4 is 23.5 Å². The van der Waals surface area contributed by atoms with Gasteiger partial charge in [0.2, 0.25) is 0 Å². The van der Waals surface area contributed by atoms with E-state index in [1.165, 1.54) is 0 Å². The average Bonchev–Trinajstić information content (AvgIpc) is 2.54. The molecule has 0 unspecified atom stereocenters. The molecule has 2 heterocycles. The van der Waals surface area contributed by atoms with Crippen molar-refractivity contribution in [2.45, 2.75) is 33.6 Å². The Balaban J connectivity index is 2.66. The maximum atomic E-state index is 12.6. The molecule has 0 amide bonds. The fourth-order valence-electron chi connectivity index (χ4n) is 2.87. The summed E-state index contributed by atoms with van der Waals surface area (Å²) in [5.74, 6) is -1.72. The van der Waals surface area contributed by atoms with Gasteiger partial charge >= 0.3 is 11.9 Å². The number of nitrogens with one attached hydrogen (secondary N) is 1. The lowest BCUT2D eigenvalue weighted by atomic mass is 9.81. The largest absolute Gasteiger partial charge is 0.463 e. The summed E-state index contributed by atoms with van der Waals surface area (Å²) >= 11 is 6.34. The zero-order valence-electron chi connectivity index (χ0n) is 14.7. The number of carbonyl (C=O) groups excluding carboxylic acids is 2. The van der Waals surface area contributed by atoms with Gasteiger partial charge in [-0.05, 0) is 33.8 Å². The molecule has 0 saturated carbocycles. The van der Waals surface area contributed by atoms with Crippen molar-refractivity contribution in [1.29, 1.82) is 0 Å². The molecule has 0 spiro atoms. The normalized spacial score (nSPS) is 15.1. The van der Waals surface area contributed by atoms with Gasteiger partial charge < -0.3 is 14.8 Å². The molecule has 0 atom stereocenters. The highest BCUT2D eigenvalue weighted by Crippen LogP contribution is 2.41. The van der Waals surface area contributed by atoms with Gasteiger partial charge in [0.25, 0.3) is 0 Å². The Labute approximate surface area is 151 Å². The van der Waals surface area contributed by atoms with Crippen molar-refractivity contribution in [1.82, 2.24) is 10.3 Å². The minimum Gasteiger partial charge on any atom is -0.463 e. The molecule has 0 bridgehead atoms. The molecule has 1 aromatic heterocycles. The number of esters is 2. The van der Waals surface area contributed by atoms with Crippen LogP contribution in [0.25, 0.3) is 0 Å². The predicted octanol–water partition coefficient (Wildman–Crippen LogP) is 3.10. The number of rotatable bonds is 5. The second-order valence-electron chi connectivity index (χ2n) is 5.47. The number of allylic oxidation sites excluding steroid dienone is 2. The predicted molar refractivity (Wildman–Crippen MR) is 93.8 cm³/mol. The van der Waals surface area contributed by atoms with E-state index < -0.39 is 17.9 Å². The Bertz CT molecular complexity index is 715. The van der Waals surface area contributed by atoms with Crippen molar-refractivity contribution in [2.75, 3.05) is 13.2 Å². The zero-order valence-corrected chi connectivity index (χ0v) is 15.4. The van der Waals surface area contributed by atoms with Crippen LogP contribution in [-0.4, -0.2) is 30.1 Å². The van der Waals surface area contributed by atoms with E-state index >= 15 is 0 Å². The first-order chi connectivity index (χ1) is 11.9. The van der Waals surface area contributed by atoms with E-state index in [9.17, 15) is 9.59 Å². The highest BCUT2D eigenvalue weighted by atomic mass is 35.5. The number of pyridine rings is 1. The van der Waals surface area contributed by atoms with Gasteiger partial charge in [-0.1, -0.05) is 11.6 Å². The van der Waals surface area contributed by atoms with Gasteiger partial charge in [0.05, 0.1) is 30.3 Å². The highest BCUT2D eigenvalue weighted by Gasteiger charge is 2.38. The molecule has 6 nitrogen and oxygen atoms in total. The second-order valence-corrected chi connectivity index (χ2v) is 5.88. The van der Waals surface area contributed by atoms with E-state index in [2.05, 4.69) is 10.3 Å². The van der Waals surface area contributed by atoms with E-state index in [0.717, 1.165) is 0 Å². The smallest absolute Gasteiger partial charge is 0.336 e. The summed E-state index contributed by atoms with van der Waals surface area (Å²) in [5, 5.41) is 3.48. The Kier molecular flexibility index (Phi) is 6.20. The summed E-state index contributed by atoms with van der Waals surface area (Å²) in [4.78, 5) is 29.3. The molecular formula is C18H21ClN2O4. The van der Waals surface area contributed by atoms with Crippen LogP contribution in [0.5, 0.6) is 0 Å². The molecule has 1 aliphatic rings. The molecule has 7 heteroatoms. The van der Waals surface area contributed by atoms with Crippen LogP contribution in [0.2, 0.25) is 5.02 Å². The van der Waals surface area contributed by atoms with Gasteiger partial charge in [-0.15, -0.1) is 0 Å². The van der Waals surface area contributed by atoms with Crippen LogP contribution < -0.4 is 5.32 Å². The van der Waals surface area contributed by atoms with E-state index in [1.807, 2.05) is 0 Å². The van der Waals surface area contributed by atoms with Crippen LogP contribution in [0.3, 0.4) is 0 Å². The van der Waals surface area contributed by atoms with Gasteiger partial charge in [0.1, 0.15) is 0 Å². The maximum Gasteiger partial charge on any atom is 0.336 e. The lowest BCUT2D eigenvalue weighted by Crippen LogP contribution is -2.32. The van der Waals surface area contributed by atoms with Crippen LogP contribution in [0.15, 0.2) is 41.0 Å². The number of carbonyl (C=O) groups is 2. The molecule has 1 aromatic rings. The molecule has 25 heavy (non-hydrogen) atoms. The Morgan fingerprint density at radius 2 is 1.64 bits per heavy atom. The fraction of sp³-hybridized carbons (Fsp3) is 0.389. The lowest BCUT2D eigenvalue weighted by molar-refractivity contribution is -0.139. The number of hydrogen-bond acceptors (Lipinski definition) is 6. The third-order valence-electron chi connectivity index (χ3n) is 3.86. The van der Waals surface area contributed by atoms with Crippen molar-refractivity contribution in [3.63, 3.8) is 0 Å². The van der Waals surface area contributed by atoms with Gasteiger partial charge in [-0.25, -0.2) is 9.59 Å². The van der Waals surface area contributed by atoms with Gasteiger partial charge in [0, 0.05) is 34.4 Å². The molecule has 1 aliphatic heterocycles. The van der Waals surface area contributed by atoms with E-state index in [4.69, 9.17) is 21.1 Å². The molecule has 0 fully saturated rings. The number of dihydropyridines is 1. The first kappa shape index (κ1) is 19.0. The van der Waals surface area contributed by atoms with Crippen molar-refractivity contribution in [2.24, 2.45) is 0 Å². The van der Waals surface area contributed by atoms with Crippen LogP contribution >= 0.6 is 11.6 Å². The summed E-state index contributed by atoms with van der Waals surface area (Å²) in [7, 11) is 0. The maximum absolute atomic E-state index is 12.6. The van der Waals surface area contributed by atoms with Gasteiger partial charge in [-0.3, -0.25) is 4.98 Å². The van der Waals surface area contributed by atoms with Crippen LogP contribution in [0.4, 0.5) is 0 Å². The Morgan fingerprint density at radius 3 is 2.08 bits per heavy atom. The monoisotopic (exact) mass is 364 g/mol. The SMILES string of the molecule is CCOC(=O)C1=C(C)NC(C)=C(C(=O)OCC)C1c1cnccc1Cl. The molecule has 2 rings (SSSR count). The number of hydrogen-bond donors (Lipinski definition) is 1. The minimum atomic E-state index is -0.708. The van der Waals surface area contributed by atoms with Crippen molar-refractivity contribution < 1.29 is 19.1 Å². The van der Waals surface area contributed by atoms with Crippen LogP contribution in [0.1, 0.15) is 39.2 Å². The molecule has 0 aromatic carbocycles. The first-order valence-corrected chi connectivity index (χ1v) is 8.42. The van der Waals surface area contributed by atoms with Crippen molar-refractivity contribution in [3.8, 4) is 0 Å². The summed E-state index contributed by atoms with van der Waals surface area (Å²) in [6, 6.07) is 1.62. The van der Waals surface area contributed by atoms with E-state index in [0.29, 0.717) is 33.1 Å². The molecule has 0 aliphatic carbocycles. The van der Waals surface area contributed by atoms with E-state index in [-0.39, 0.29) is 13.2 Å². The number of aromatic nitrogens is 1. The minimum absolute atomic E-state index is 0.223. The molecule has 134 valence electrons. The fourth-order valence-corrected chi connectivity index (χ4v) is 3.08. The molecular weight excluding hydrogens is 344 g/mol. The second kappa shape index (κ2) is 8.16. The molecule has 0 radical (unpaired) electrons. The summed E-state index contributed by atoms with van der Waals surface area (Å²) in [6.45, 7) is 7.41. The topological polar surface area (TPSA) is 77.5 Å². The highest BCUT2D eigenvalue weighted by molar-refractivity contribution is 6.31. The Morgan fingerprint density at radius 1 is 1.12 bits per heavy atom. The standard InChI is InChI=1S/C18H21ClN2O4/c1-5-24-17(22)14-10(3)21-11(4)15(18(23)25-6-2)16(14)12-9-20-8-7-13(12)19/h7-9,16,21H,5-6H2,1-4H3. The van der Waals surface area contributed by atoms with Gasteiger partial charge in [0.15, 0.2) is 0 Å². The number of halogens is 1.